The number of carboxylic acid groups (broad SMARTS) is 1. The Bertz CT molecular complexity index is 1440. The molecule has 0 radical (unpaired) electrons. The van der Waals surface area contributed by atoms with Crippen molar-refractivity contribution >= 4 is 51.6 Å². The predicted molar refractivity (Wildman–Crippen MR) is 151 cm³/mol. The number of nitrogens with two attached hydrogens (primary N) is 1. The van der Waals surface area contributed by atoms with Crippen LogP contribution in [0, 0.1) is 0 Å². The number of piperazine rings is 1. The average molecular weight is 572 g/mol. The number of ether oxygens (including phenoxy) is 1. The topological polar surface area (TPSA) is 137 Å². The summed E-state index contributed by atoms with van der Waals surface area (Å²) in [5.74, 6) is -0.316. The van der Waals surface area contributed by atoms with Gasteiger partial charge in [0, 0.05) is 43.6 Å². The molecule has 3 heterocycles. The monoisotopic (exact) mass is 571 g/mol. The van der Waals surface area contributed by atoms with Crippen molar-refractivity contribution in [2.75, 3.05) is 55.8 Å². The van der Waals surface area contributed by atoms with Crippen LogP contribution in [0.3, 0.4) is 0 Å². The van der Waals surface area contributed by atoms with E-state index >= 15 is 0 Å². The maximum atomic E-state index is 13.9. The van der Waals surface area contributed by atoms with Gasteiger partial charge >= 0.3 is 12.1 Å². The Kier molecular flexibility index (Phi) is 7.81. The first-order valence-corrected chi connectivity index (χ1v) is 13.4. The number of likely N-dealkylation sites (N-methyl/N-ethyl adjacent to an activating group) is 1. The van der Waals surface area contributed by atoms with Crippen LogP contribution in [0.25, 0.3) is 10.8 Å². The molecule has 2 aliphatic heterocycles. The number of halogens is 2. The predicted octanol–water partition coefficient (Wildman–Crippen LogP) is 3.73. The van der Waals surface area contributed by atoms with Gasteiger partial charge in [-0.05, 0) is 37.9 Å². The lowest BCUT2D eigenvalue weighted by molar-refractivity contribution is 0.102. The van der Waals surface area contributed by atoms with Gasteiger partial charge in [-0.3, -0.25) is 9.69 Å². The summed E-state index contributed by atoms with van der Waals surface area (Å²) in [7, 11) is 1.82. The van der Waals surface area contributed by atoms with Crippen LogP contribution in [0.5, 0.6) is 6.01 Å². The van der Waals surface area contributed by atoms with E-state index in [0.717, 1.165) is 5.39 Å². The SMILES string of the molecule is CC1CN(C(=O)O)CCN1c1nc(OC[C@@H]2C[C@@H](F)CN2C)nc(C(=O)Nc2cccc3cccc(Cl)c23)c1N. The van der Waals surface area contributed by atoms with Crippen molar-refractivity contribution in [2.45, 2.75) is 31.6 Å². The second-order valence-corrected chi connectivity index (χ2v) is 10.6. The molecule has 5 rings (SSSR count). The lowest BCUT2D eigenvalue weighted by Gasteiger charge is -2.39. The Morgan fingerprint density at radius 3 is 2.62 bits per heavy atom. The molecule has 4 N–H and O–H groups in total. The summed E-state index contributed by atoms with van der Waals surface area (Å²) in [6, 6.07) is 10.4. The quantitative estimate of drug-likeness (QED) is 0.404. The zero-order chi connectivity index (χ0) is 28.6. The van der Waals surface area contributed by atoms with Gasteiger partial charge in [0.05, 0.1) is 10.7 Å². The number of nitrogens with one attached hydrogen (secondary N) is 1. The largest absolute Gasteiger partial charge is 0.465 e. The Morgan fingerprint density at radius 1 is 1.20 bits per heavy atom. The van der Waals surface area contributed by atoms with Crippen molar-refractivity contribution in [3.8, 4) is 6.01 Å². The molecule has 0 bridgehead atoms. The number of rotatable bonds is 6. The fourth-order valence-corrected chi connectivity index (χ4v) is 5.58. The number of amides is 2. The highest BCUT2D eigenvalue weighted by Crippen LogP contribution is 2.33. The average Bonchev–Trinajstić information content (AvgIpc) is 3.24. The lowest BCUT2D eigenvalue weighted by Crippen LogP contribution is -2.54. The summed E-state index contributed by atoms with van der Waals surface area (Å²) >= 11 is 6.45. The number of carbonyl (C=O) groups is 2. The van der Waals surface area contributed by atoms with E-state index in [9.17, 15) is 19.1 Å². The van der Waals surface area contributed by atoms with Crippen LogP contribution in [0.1, 0.15) is 23.8 Å². The van der Waals surface area contributed by atoms with Crippen molar-refractivity contribution in [3.05, 3.63) is 47.1 Å². The third-order valence-corrected chi connectivity index (χ3v) is 7.75. The van der Waals surface area contributed by atoms with Crippen molar-refractivity contribution in [1.82, 2.24) is 19.8 Å². The summed E-state index contributed by atoms with van der Waals surface area (Å²) < 4.78 is 19.8. The third kappa shape index (κ3) is 5.54. The van der Waals surface area contributed by atoms with Gasteiger partial charge in [0.15, 0.2) is 11.5 Å². The van der Waals surface area contributed by atoms with E-state index in [4.69, 9.17) is 22.1 Å². The number of likely N-dealkylation sites (tertiary alicyclic amines) is 1. The number of hydrogen-bond acceptors (Lipinski definition) is 8. The van der Waals surface area contributed by atoms with Crippen molar-refractivity contribution in [3.63, 3.8) is 0 Å². The highest BCUT2D eigenvalue weighted by atomic mass is 35.5. The highest BCUT2D eigenvalue weighted by Gasteiger charge is 2.33. The molecule has 2 amide bonds. The van der Waals surface area contributed by atoms with E-state index in [-0.39, 0.29) is 55.0 Å². The minimum atomic E-state index is -1.01. The van der Waals surface area contributed by atoms with Crippen LogP contribution in [0.4, 0.5) is 26.4 Å². The van der Waals surface area contributed by atoms with E-state index in [1.54, 1.807) is 18.2 Å². The van der Waals surface area contributed by atoms with E-state index in [0.29, 0.717) is 35.6 Å². The zero-order valence-corrected chi connectivity index (χ0v) is 22.9. The molecule has 1 unspecified atom stereocenters. The molecule has 1 aromatic heterocycles. The van der Waals surface area contributed by atoms with Crippen LogP contribution in [-0.4, -0.2) is 95.0 Å². The molecule has 3 atom stereocenters. The zero-order valence-electron chi connectivity index (χ0n) is 22.2. The second kappa shape index (κ2) is 11.3. The minimum Gasteiger partial charge on any atom is -0.465 e. The van der Waals surface area contributed by atoms with Gasteiger partial charge in [-0.1, -0.05) is 35.9 Å². The first-order chi connectivity index (χ1) is 19.1. The summed E-state index contributed by atoms with van der Waals surface area (Å²) in [6.07, 6.45) is -1.63. The molecule has 3 aromatic rings. The number of nitrogen functional groups attached to an aromatic ring is 1. The van der Waals surface area contributed by atoms with Crippen molar-refractivity contribution in [2.24, 2.45) is 0 Å². The number of nitrogens with zero attached hydrogens (tertiary/aromatic N) is 5. The molecular formula is C27H31ClFN7O4. The van der Waals surface area contributed by atoms with Crippen LogP contribution in [0.2, 0.25) is 5.02 Å². The molecule has 2 aliphatic rings. The molecule has 2 aromatic carbocycles. The van der Waals surface area contributed by atoms with Gasteiger partial charge in [0.1, 0.15) is 18.5 Å². The Labute approximate surface area is 235 Å². The second-order valence-electron chi connectivity index (χ2n) is 10.2. The van der Waals surface area contributed by atoms with Crippen LogP contribution in [0.15, 0.2) is 36.4 Å². The van der Waals surface area contributed by atoms with E-state index < -0.39 is 18.2 Å². The number of benzene rings is 2. The number of carbonyl (C=O) groups excluding carboxylic acids is 1. The molecule has 11 nitrogen and oxygen atoms in total. The summed E-state index contributed by atoms with van der Waals surface area (Å²) in [5, 5.41) is 14.3. The molecule has 0 saturated carbocycles. The molecule has 2 saturated heterocycles. The van der Waals surface area contributed by atoms with Crippen molar-refractivity contribution < 1.29 is 23.8 Å². The number of aromatic nitrogens is 2. The Balaban J connectivity index is 1.48. The maximum absolute atomic E-state index is 13.9. The highest BCUT2D eigenvalue weighted by molar-refractivity contribution is 6.37. The van der Waals surface area contributed by atoms with Gasteiger partial charge in [-0.25, -0.2) is 9.18 Å². The fraction of sp³-hybridized carbons (Fsp3) is 0.407. The van der Waals surface area contributed by atoms with E-state index in [1.807, 2.05) is 42.0 Å². The first-order valence-electron chi connectivity index (χ1n) is 13.0. The maximum Gasteiger partial charge on any atom is 0.407 e. The van der Waals surface area contributed by atoms with E-state index in [2.05, 4.69) is 15.3 Å². The number of hydrogen-bond donors (Lipinski definition) is 3. The van der Waals surface area contributed by atoms with Gasteiger partial charge in [0.2, 0.25) is 0 Å². The molecular weight excluding hydrogens is 541 g/mol. The Morgan fingerprint density at radius 2 is 1.95 bits per heavy atom. The molecule has 13 heteroatoms. The molecule has 2 fully saturated rings. The van der Waals surface area contributed by atoms with E-state index in [1.165, 1.54) is 4.90 Å². The first kappa shape index (κ1) is 27.7. The summed E-state index contributed by atoms with van der Waals surface area (Å²) in [6.45, 7) is 3.07. The van der Waals surface area contributed by atoms with Gasteiger partial charge < -0.3 is 30.7 Å². The lowest BCUT2D eigenvalue weighted by atomic mass is 10.1. The molecule has 40 heavy (non-hydrogen) atoms. The van der Waals surface area contributed by atoms with Crippen LogP contribution < -0.4 is 20.7 Å². The number of alkyl halides is 1. The van der Waals surface area contributed by atoms with Crippen LogP contribution >= 0.6 is 11.6 Å². The van der Waals surface area contributed by atoms with Crippen molar-refractivity contribution in [1.29, 1.82) is 0 Å². The Hall–Kier alpha value is -3.90. The third-order valence-electron chi connectivity index (χ3n) is 7.43. The van der Waals surface area contributed by atoms with Crippen LogP contribution in [-0.2, 0) is 0 Å². The minimum absolute atomic E-state index is 0.0358. The smallest absolute Gasteiger partial charge is 0.407 e. The van der Waals surface area contributed by atoms with Gasteiger partial charge in [-0.2, -0.15) is 9.97 Å². The number of fused-ring (bicyclic) bond motifs is 1. The number of anilines is 3. The normalized spacial score (nSPS) is 21.6. The standard InChI is InChI=1S/C27H31ClFN7O4/c1-15-12-35(27(38)39)9-10-36(15)24-22(30)23(32-26(33-24)40-14-18-11-17(29)13-34(18)2)25(37)31-20-8-4-6-16-5-3-7-19(28)21(16)20/h3-8,15,17-18H,9-14,30H2,1-2H3,(H,31,37)(H,38,39)/t15?,17-,18+/m1/s1. The van der Waals surface area contributed by atoms with Gasteiger partial charge in [-0.15, -0.1) is 0 Å². The molecule has 212 valence electrons. The summed E-state index contributed by atoms with van der Waals surface area (Å²) in [4.78, 5) is 39.0. The van der Waals surface area contributed by atoms with Gasteiger partial charge in [0.25, 0.3) is 5.91 Å². The molecule has 0 aliphatic carbocycles. The summed E-state index contributed by atoms with van der Waals surface area (Å²) in [5.41, 5.74) is 6.92. The fourth-order valence-electron chi connectivity index (χ4n) is 5.30. The molecule has 0 spiro atoms.